The Morgan fingerprint density at radius 2 is 1.00 bits per heavy atom. The number of aliphatic imine (C=N–C) groups is 1. The summed E-state index contributed by atoms with van der Waals surface area (Å²) in [6.07, 6.45) is 1.80. The van der Waals surface area contributed by atoms with Crippen LogP contribution in [0.4, 0.5) is 14.4 Å². The fraction of sp³-hybridized carbons (Fsp3) is 0.200. The normalized spacial score (nSPS) is 14.4. The van der Waals surface area contributed by atoms with Crippen LogP contribution in [-0.2, 0) is 0 Å². The van der Waals surface area contributed by atoms with E-state index in [9.17, 15) is 0 Å². The fourth-order valence-electron chi connectivity index (χ4n) is 6.54. The Morgan fingerprint density at radius 3 is 1.46 bits per heavy atom. The highest BCUT2D eigenvalue weighted by Gasteiger charge is 2.53. The first kappa shape index (κ1) is 32.9. The number of rotatable bonds is 12. The van der Waals surface area contributed by atoms with Crippen LogP contribution in [0.1, 0.15) is 38.8 Å². The lowest BCUT2D eigenvalue weighted by atomic mass is 9.90. The van der Waals surface area contributed by atoms with Crippen molar-refractivity contribution in [3.8, 4) is 45.4 Å². The molecule has 7 nitrogen and oxygen atoms in total. The highest BCUT2D eigenvalue weighted by atomic mass is 19.2. The number of hydrogen-bond acceptors (Lipinski definition) is 5. The standard InChI is InChI=1S/C40H38BF2N3O4/c1-5-47-31-17-9-27(10-18-31)35-25-37(29-13-21-33(22-14-29)49-7-3)45-39(35)44-40-36(28-11-19-32(20-12-28)48-6-2)26-38(46(40)41(45,42)43)30-15-23-34(24-16-30)50-8-4/h9-26H,5-8H2,1-4H3. The molecule has 0 radical (unpaired) electrons. The lowest BCUT2D eigenvalue weighted by Crippen LogP contribution is -2.53. The van der Waals surface area contributed by atoms with E-state index in [1.165, 1.54) is 0 Å². The van der Waals surface area contributed by atoms with Crippen molar-refractivity contribution in [2.24, 2.45) is 4.99 Å². The molecule has 0 saturated carbocycles. The van der Waals surface area contributed by atoms with Crippen LogP contribution < -0.4 is 18.9 Å². The molecular formula is C40H38BF2N3O4. The number of ether oxygens (including phenoxy) is 4. The quantitative estimate of drug-likeness (QED) is 0.124. The van der Waals surface area contributed by atoms with Gasteiger partial charge in [0.05, 0.1) is 37.7 Å². The molecule has 0 fully saturated rings. The van der Waals surface area contributed by atoms with Gasteiger partial charge in [-0.1, -0.05) is 24.3 Å². The third-order valence-corrected chi connectivity index (χ3v) is 8.73. The Balaban J connectivity index is 1.47. The molecule has 10 heteroatoms. The molecule has 0 spiro atoms. The average Bonchev–Trinajstić information content (AvgIpc) is 3.71. The van der Waals surface area contributed by atoms with Crippen molar-refractivity contribution >= 4 is 29.9 Å². The van der Waals surface area contributed by atoms with Gasteiger partial charge in [0.2, 0.25) is 5.82 Å². The van der Waals surface area contributed by atoms with Crippen molar-refractivity contribution in [2.75, 3.05) is 26.4 Å². The van der Waals surface area contributed by atoms with E-state index in [1.54, 1.807) is 36.4 Å². The molecule has 7 rings (SSSR count). The lowest BCUT2D eigenvalue weighted by molar-refractivity contribution is -0.291. The minimum Gasteiger partial charge on any atom is -0.494 e. The van der Waals surface area contributed by atoms with Gasteiger partial charge in [0.15, 0.2) is 0 Å². The molecule has 2 aliphatic rings. The zero-order valence-electron chi connectivity index (χ0n) is 28.5. The van der Waals surface area contributed by atoms with Crippen LogP contribution in [0.3, 0.4) is 0 Å². The Hall–Kier alpha value is -5.64. The van der Waals surface area contributed by atoms with Crippen molar-refractivity contribution in [3.63, 3.8) is 0 Å². The SMILES string of the molecule is CCOc1ccc(C2=CC(c3ccc(OCC)cc3)=[N+]3C2=Nc2c(-c4ccc(OCC)cc4)cc(-c4ccc(OCC)cc4)n2[B-]3(F)F)cc1. The van der Waals surface area contributed by atoms with Crippen molar-refractivity contribution < 1.29 is 32.1 Å². The second kappa shape index (κ2) is 13.7. The van der Waals surface area contributed by atoms with Crippen LogP contribution in [0.2, 0.25) is 0 Å². The number of nitrogens with zero attached hydrogens (tertiary/aromatic N) is 3. The summed E-state index contributed by atoms with van der Waals surface area (Å²) in [6.45, 7) is 5.23. The maximum atomic E-state index is 17.7. The first-order valence-electron chi connectivity index (χ1n) is 17.0. The van der Waals surface area contributed by atoms with Gasteiger partial charge in [0.25, 0.3) is 5.84 Å². The minimum atomic E-state index is -4.48. The molecule has 254 valence electrons. The van der Waals surface area contributed by atoms with Gasteiger partial charge in [0.1, 0.15) is 23.0 Å². The summed E-state index contributed by atoms with van der Waals surface area (Å²) in [5.41, 5.74) is 4.61. The zero-order valence-corrected chi connectivity index (χ0v) is 28.5. The summed E-state index contributed by atoms with van der Waals surface area (Å²) in [6, 6.07) is 31.2. The monoisotopic (exact) mass is 673 g/mol. The summed E-state index contributed by atoms with van der Waals surface area (Å²) in [5, 5.41) is 0. The minimum absolute atomic E-state index is 0.180. The van der Waals surface area contributed by atoms with Crippen molar-refractivity contribution in [1.82, 2.24) is 4.48 Å². The third kappa shape index (κ3) is 5.95. The molecule has 4 aromatic carbocycles. The maximum absolute atomic E-state index is 17.7. The first-order chi connectivity index (χ1) is 24.4. The van der Waals surface area contributed by atoms with E-state index in [0.29, 0.717) is 83.1 Å². The number of fused-ring (bicyclic) bond motifs is 2. The van der Waals surface area contributed by atoms with Crippen molar-refractivity contribution in [3.05, 3.63) is 120 Å². The van der Waals surface area contributed by atoms with Crippen LogP contribution in [-0.4, -0.2) is 53.9 Å². The molecule has 0 bridgehead atoms. The first-order valence-corrected chi connectivity index (χ1v) is 17.0. The number of halogens is 2. The number of benzene rings is 4. The number of aromatic nitrogens is 1. The van der Waals surface area contributed by atoms with E-state index in [0.717, 1.165) is 20.1 Å². The largest absolute Gasteiger partial charge is 0.642 e. The number of amidine groups is 1. The van der Waals surface area contributed by atoms with Crippen LogP contribution in [0, 0.1) is 0 Å². The summed E-state index contributed by atoms with van der Waals surface area (Å²) in [4.78, 5) is 5.11. The van der Waals surface area contributed by atoms with Gasteiger partial charge in [-0.05, 0) is 134 Å². The van der Waals surface area contributed by atoms with E-state index in [4.69, 9.17) is 23.9 Å². The van der Waals surface area contributed by atoms with Crippen molar-refractivity contribution in [1.29, 1.82) is 0 Å². The molecule has 0 N–H and O–H groups in total. The van der Waals surface area contributed by atoms with Crippen LogP contribution in [0.25, 0.3) is 28.0 Å². The van der Waals surface area contributed by atoms with E-state index >= 15 is 8.63 Å². The van der Waals surface area contributed by atoms with Crippen LogP contribution in [0.5, 0.6) is 23.0 Å². The third-order valence-electron chi connectivity index (χ3n) is 8.73. The summed E-state index contributed by atoms with van der Waals surface area (Å²) in [7, 11) is 0. The van der Waals surface area contributed by atoms with Gasteiger partial charge in [-0.2, -0.15) is 0 Å². The molecule has 2 aliphatic heterocycles. The van der Waals surface area contributed by atoms with E-state index in [1.807, 2.05) is 100 Å². The smallest absolute Gasteiger partial charge is 0.494 e. The van der Waals surface area contributed by atoms with E-state index in [-0.39, 0.29) is 11.7 Å². The second-order valence-corrected chi connectivity index (χ2v) is 11.8. The molecule has 0 aliphatic carbocycles. The topological polar surface area (TPSA) is 57.2 Å². The molecule has 0 saturated heterocycles. The molecule has 0 atom stereocenters. The predicted molar refractivity (Wildman–Crippen MR) is 196 cm³/mol. The van der Waals surface area contributed by atoms with Gasteiger partial charge >= 0.3 is 6.97 Å². The second-order valence-electron chi connectivity index (χ2n) is 11.8. The Kier molecular flexibility index (Phi) is 9.01. The van der Waals surface area contributed by atoms with Gasteiger partial charge in [-0.25, -0.2) is 0 Å². The molecule has 0 amide bonds. The van der Waals surface area contributed by atoms with Crippen LogP contribution >= 0.6 is 0 Å². The summed E-state index contributed by atoms with van der Waals surface area (Å²) < 4.78 is 60.3. The maximum Gasteiger partial charge on any atom is 0.642 e. The van der Waals surface area contributed by atoms with Crippen LogP contribution in [0.15, 0.2) is 114 Å². The summed E-state index contributed by atoms with van der Waals surface area (Å²) >= 11 is 0. The molecular weight excluding hydrogens is 635 g/mol. The number of hydrogen-bond donors (Lipinski definition) is 0. The summed E-state index contributed by atoms with van der Waals surface area (Å²) in [5.74, 6) is 3.10. The lowest BCUT2D eigenvalue weighted by Gasteiger charge is -2.32. The highest BCUT2D eigenvalue weighted by Crippen LogP contribution is 2.46. The van der Waals surface area contributed by atoms with E-state index in [2.05, 4.69) is 0 Å². The molecule has 0 unspecified atom stereocenters. The highest BCUT2D eigenvalue weighted by molar-refractivity contribution is 6.63. The van der Waals surface area contributed by atoms with Crippen molar-refractivity contribution in [2.45, 2.75) is 27.7 Å². The Bertz CT molecular complexity index is 2100. The zero-order chi connectivity index (χ0) is 34.8. The molecule has 1 aromatic heterocycles. The van der Waals surface area contributed by atoms with Gasteiger partial charge in [0, 0.05) is 16.8 Å². The average molecular weight is 674 g/mol. The number of allylic oxidation sites excluding steroid dienone is 1. The van der Waals surface area contributed by atoms with Gasteiger partial charge in [-0.15, -0.1) is 0 Å². The molecule has 5 aromatic rings. The fourth-order valence-corrected chi connectivity index (χ4v) is 6.54. The predicted octanol–water partition coefficient (Wildman–Crippen LogP) is 9.28. The Morgan fingerprint density at radius 1 is 0.580 bits per heavy atom. The van der Waals surface area contributed by atoms with E-state index < -0.39 is 6.97 Å². The van der Waals surface area contributed by atoms with Gasteiger partial charge in [-0.3, -0.25) is 0 Å². The molecule has 50 heavy (non-hydrogen) atoms. The molecule has 3 heterocycles. The Labute approximate surface area is 290 Å². The van der Waals surface area contributed by atoms with Gasteiger partial charge < -0.3 is 36.5 Å².